The van der Waals surface area contributed by atoms with Crippen LogP contribution in [0, 0.1) is 0 Å². The van der Waals surface area contributed by atoms with Crippen molar-refractivity contribution in [3.05, 3.63) is 11.9 Å². The van der Waals surface area contributed by atoms with Crippen LogP contribution in [0.3, 0.4) is 0 Å². The maximum atomic E-state index is 11.1. The first-order valence-electron chi connectivity index (χ1n) is 4.90. The van der Waals surface area contributed by atoms with Gasteiger partial charge < -0.3 is 10.1 Å². The third-order valence-electron chi connectivity index (χ3n) is 1.82. The summed E-state index contributed by atoms with van der Waals surface area (Å²) in [5.74, 6) is 0.538. The molecule has 6 nitrogen and oxygen atoms in total. The van der Waals surface area contributed by atoms with E-state index in [0.717, 1.165) is 5.69 Å². The first-order valence-corrected chi connectivity index (χ1v) is 6.29. The molecule has 1 aromatic heterocycles. The Morgan fingerprint density at radius 2 is 2.50 bits per heavy atom. The highest BCUT2D eigenvalue weighted by molar-refractivity contribution is 7.99. The summed E-state index contributed by atoms with van der Waals surface area (Å²) in [6, 6.07) is 0. The molecule has 1 amide bonds. The summed E-state index contributed by atoms with van der Waals surface area (Å²) in [6.45, 7) is 1.64. The van der Waals surface area contributed by atoms with Crippen molar-refractivity contribution in [3.8, 4) is 0 Å². The lowest BCUT2D eigenvalue weighted by atomic mass is 10.5. The Balaban J connectivity index is 2.23. The maximum Gasteiger partial charge on any atom is 0.230 e. The largest absolute Gasteiger partial charge is 0.378 e. The van der Waals surface area contributed by atoms with E-state index in [1.807, 2.05) is 12.5 Å². The SMILES string of the molecule is COCc1cn(CCNC(=O)CSC)nn1. The second-order valence-corrected chi connectivity index (χ2v) is 4.05. The van der Waals surface area contributed by atoms with Crippen molar-refractivity contribution in [2.75, 3.05) is 25.7 Å². The number of carbonyl (C=O) groups excluding carboxylic acids is 1. The molecule has 0 radical (unpaired) electrons. The van der Waals surface area contributed by atoms with E-state index in [1.165, 1.54) is 11.8 Å². The number of methoxy groups -OCH3 is 1. The van der Waals surface area contributed by atoms with Crippen LogP contribution < -0.4 is 5.32 Å². The van der Waals surface area contributed by atoms with Gasteiger partial charge in [-0.3, -0.25) is 9.48 Å². The number of nitrogens with zero attached hydrogens (tertiary/aromatic N) is 3. The molecule has 0 fully saturated rings. The minimum Gasteiger partial charge on any atom is -0.378 e. The van der Waals surface area contributed by atoms with Gasteiger partial charge in [-0.05, 0) is 6.26 Å². The first-order chi connectivity index (χ1) is 7.76. The van der Waals surface area contributed by atoms with Crippen molar-refractivity contribution in [1.82, 2.24) is 20.3 Å². The zero-order valence-corrected chi connectivity index (χ0v) is 10.3. The Bertz CT molecular complexity index is 329. The third kappa shape index (κ3) is 4.63. The smallest absolute Gasteiger partial charge is 0.230 e. The minimum atomic E-state index is 0.0460. The van der Waals surface area contributed by atoms with E-state index in [2.05, 4.69) is 15.6 Å². The van der Waals surface area contributed by atoms with Gasteiger partial charge in [0.25, 0.3) is 0 Å². The van der Waals surface area contributed by atoms with Crippen molar-refractivity contribution < 1.29 is 9.53 Å². The molecule has 7 heteroatoms. The molecular weight excluding hydrogens is 228 g/mol. The molecule has 1 heterocycles. The van der Waals surface area contributed by atoms with E-state index >= 15 is 0 Å². The van der Waals surface area contributed by atoms with Crippen LogP contribution in [-0.4, -0.2) is 46.6 Å². The van der Waals surface area contributed by atoms with Crippen LogP contribution in [0.25, 0.3) is 0 Å². The van der Waals surface area contributed by atoms with Gasteiger partial charge in [0.05, 0.1) is 25.1 Å². The molecule has 1 aromatic rings. The number of thioether (sulfide) groups is 1. The van der Waals surface area contributed by atoms with E-state index in [4.69, 9.17) is 4.74 Å². The van der Waals surface area contributed by atoms with Crippen molar-refractivity contribution in [1.29, 1.82) is 0 Å². The van der Waals surface area contributed by atoms with Gasteiger partial charge in [-0.2, -0.15) is 11.8 Å². The summed E-state index contributed by atoms with van der Waals surface area (Å²) >= 11 is 1.50. The second-order valence-electron chi connectivity index (χ2n) is 3.19. The van der Waals surface area contributed by atoms with E-state index in [0.29, 0.717) is 25.4 Å². The van der Waals surface area contributed by atoms with Crippen molar-refractivity contribution in [2.45, 2.75) is 13.2 Å². The lowest BCUT2D eigenvalue weighted by Crippen LogP contribution is -2.28. The van der Waals surface area contributed by atoms with E-state index in [-0.39, 0.29) is 5.91 Å². The Morgan fingerprint density at radius 3 is 3.19 bits per heavy atom. The molecule has 0 saturated heterocycles. The van der Waals surface area contributed by atoms with E-state index < -0.39 is 0 Å². The second kappa shape index (κ2) is 7.24. The predicted octanol–water partition coefficient (Wildman–Crippen LogP) is -0.0963. The first kappa shape index (κ1) is 13.0. The average Bonchev–Trinajstić information content (AvgIpc) is 2.67. The van der Waals surface area contributed by atoms with Gasteiger partial charge >= 0.3 is 0 Å². The molecule has 90 valence electrons. The van der Waals surface area contributed by atoms with Gasteiger partial charge in [-0.1, -0.05) is 5.21 Å². The number of aromatic nitrogens is 3. The normalized spacial score (nSPS) is 10.4. The Hall–Kier alpha value is -1.08. The molecule has 0 aliphatic heterocycles. The van der Waals surface area contributed by atoms with Gasteiger partial charge in [0, 0.05) is 13.7 Å². The van der Waals surface area contributed by atoms with Crippen LogP contribution in [0.2, 0.25) is 0 Å². The van der Waals surface area contributed by atoms with Crippen LogP contribution in [0.4, 0.5) is 0 Å². The fraction of sp³-hybridized carbons (Fsp3) is 0.667. The number of hydrogen-bond acceptors (Lipinski definition) is 5. The van der Waals surface area contributed by atoms with Gasteiger partial charge in [-0.25, -0.2) is 0 Å². The number of amides is 1. The van der Waals surface area contributed by atoms with Gasteiger partial charge in [0.1, 0.15) is 5.69 Å². The summed E-state index contributed by atoms with van der Waals surface area (Å²) in [6.07, 6.45) is 3.71. The Kier molecular flexibility index (Phi) is 5.87. The summed E-state index contributed by atoms with van der Waals surface area (Å²) < 4.78 is 6.62. The van der Waals surface area contributed by atoms with Gasteiger partial charge in [-0.15, -0.1) is 5.10 Å². The molecule has 0 aliphatic rings. The molecule has 0 saturated carbocycles. The Morgan fingerprint density at radius 1 is 1.69 bits per heavy atom. The molecule has 1 rings (SSSR count). The molecule has 0 aliphatic carbocycles. The zero-order valence-electron chi connectivity index (χ0n) is 9.47. The number of rotatable bonds is 7. The van der Waals surface area contributed by atoms with Crippen LogP contribution in [0.15, 0.2) is 6.20 Å². The van der Waals surface area contributed by atoms with Crippen LogP contribution >= 0.6 is 11.8 Å². The minimum absolute atomic E-state index is 0.0460. The van der Waals surface area contributed by atoms with Crippen molar-refractivity contribution in [3.63, 3.8) is 0 Å². The van der Waals surface area contributed by atoms with E-state index in [1.54, 1.807) is 11.8 Å². The quantitative estimate of drug-likeness (QED) is 0.725. The lowest BCUT2D eigenvalue weighted by molar-refractivity contribution is -0.118. The molecular formula is C9H16N4O2S. The van der Waals surface area contributed by atoms with Crippen LogP contribution in [-0.2, 0) is 22.7 Å². The zero-order chi connectivity index (χ0) is 11.8. The molecule has 1 N–H and O–H groups in total. The van der Waals surface area contributed by atoms with Gasteiger partial charge in [0.15, 0.2) is 0 Å². The maximum absolute atomic E-state index is 11.1. The third-order valence-corrected chi connectivity index (χ3v) is 2.37. The van der Waals surface area contributed by atoms with Crippen molar-refractivity contribution >= 4 is 17.7 Å². The average molecular weight is 244 g/mol. The highest BCUT2D eigenvalue weighted by atomic mass is 32.2. The summed E-state index contributed by atoms with van der Waals surface area (Å²) in [4.78, 5) is 11.1. The fourth-order valence-electron chi connectivity index (χ4n) is 1.15. The Labute approximate surface area is 98.7 Å². The molecule has 16 heavy (non-hydrogen) atoms. The van der Waals surface area contributed by atoms with E-state index in [9.17, 15) is 4.79 Å². The summed E-state index contributed by atoms with van der Waals surface area (Å²) in [5, 5.41) is 10.6. The lowest BCUT2D eigenvalue weighted by Gasteiger charge is -2.03. The van der Waals surface area contributed by atoms with Crippen LogP contribution in [0.5, 0.6) is 0 Å². The summed E-state index contributed by atoms with van der Waals surface area (Å²) in [5.41, 5.74) is 0.790. The summed E-state index contributed by atoms with van der Waals surface area (Å²) in [7, 11) is 1.61. The molecule has 0 aromatic carbocycles. The molecule has 0 bridgehead atoms. The molecule has 0 atom stereocenters. The standard InChI is InChI=1S/C9H16N4O2S/c1-15-6-8-5-13(12-11-8)4-3-10-9(14)7-16-2/h5H,3-4,6-7H2,1-2H3,(H,10,14). The van der Waals surface area contributed by atoms with Crippen LogP contribution in [0.1, 0.15) is 5.69 Å². The topological polar surface area (TPSA) is 69.0 Å². The fourth-order valence-corrected chi connectivity index (χ4v) is 1.52. The number of ether oxygens (including phenoxy) is 1. The highest BCUT2D eigenvalue weighted by Crippen LogP contribution is 1.94. The number of carbonyl (C=O) groups is 1. The van der Waals surface area contributed by atoms with Gasteiger partial charge in [0.2, 0.25) is 5.91 Å². The van der Waals surface area contributed by atoms with Crippen molar-refractivity contribution in [2.24, 2.45) is 0 Å². The predicted molar refractivity (Wildman–Crippen MR) is 62.1 cm³/mol. The monoisotopic (exact) mass is 244 g/mol. The molecule has 0 spiro atoms. The highest BCUT2D eigenvalue weighted by Gasteiger charge is 2.01. The number of hydrogen-bond donors (Lipinski definition) is 1. The number of nitrogens with one attached hydrogen (secondary N) is 1. The molecule has 0 unspecified atom stereocenters.